The van der Waals surface area contributed by atoms with Crippen molar-refractivity contribution in [3.05, 3.63) is 23.8 Å². The first-order valence-electron chi connectivity index (χ1n) is 6.99. The van der Waals surface area contributed by atoms with Crippen molar-refractivity contribution >= 4 is 0 Å². The van der Waals surface area contributed by atoms with E-state index in [-0.39, 0.29) is 6.04 Å². The molecule has 4 nitrogen and oxygen atoms in total. The first kappa shape index (κ1) is 14.7. The van der Waals surface area contributed by atoms with Gasteiger partial charge in [0.1, 0.15) is 13.2 Å². The highest BCUT2D eigenvalue weighted by atomic mass is 16.6. The number of benzene rings is 1. The molecule has 1 aromatic rings. The van der Waals surface area contributed by atoms with Crippen LogP contribution in [0.3, 0.4) is 0 Å². The van der Waals surface area contributed by atoms with Gasteiger partial charge in [0.25, 0.3) is 0 Å². The Bertz CT molecular complexity index is 481. The monoisotopic (exact) mass is 275 g/mol. The number of hydrogen-bond donors (Lipinski definition) is 2. The van der Waals surface area contributed by atoms with Gasteiger partial charge in [-0.15, -0.1) is 12.3 Å². The molecule has 1 aliphatic rings. The van der Waals surface area contributed by atoms with Crippen LogP contribution in [0.2, 0.25) is 0 Å². The molecule has 0 bridgehead atoms. The lowest BCUT2D eigenvalue weighted by Gasteiger charge is -2.21. The van der Waals surface area contributed by atoms with Gasteiger partial charge in [-0.25, -0.2) is 0 Å². The van der Waals surface area contributed by atoms with Gasteiger partial charge < -0.3 is 19.9 Å². The Labute approximate surface area is 120 Å². The molecule has 0 saturated heterocycles. The molecule has 1 heterocycles. The van der Waals surface area contributed by atoms with Crippen molar-refractivity contribution in [1.29, 1.82) is 0 Å². The van der Waals surface area contributed by atoms with Crippen molar-refractivity contribution in [3.63, 3.8) is 0 Å². The van der Waals surface area contributed by atoms with E-state index in [2.05, 4.69) is 18.2 Å². The second-order valence-corrected chi connectivity index (χ2v) is 4.84. The van der Waals surface area contributed by atoms with Crippen LogP contribution >= 0.6 is 0 Å². The molecule has 1 aromatic carbocycles. The van der Waals surface area contributed by atoms with Crippen LogP contribution in [0.25, 0.3) is 0 Å². The second-order valence-electron chi connectivity index (χ2n) is 4.84. The number of terminal acetylenes is 1. The largest absolute Gasteiger partial charge is 0.486 e. The van der Waals surface area contributed by atoms with Gasteiger partial charge >= 0.3 is 0 Å². The Hall–Kier alpha value is -1.70. The van der Waals surface area contributed by atoms with E-state index in [0.29, 0.717) is 31.9 Å². The lowest BCUT2D eigenvalue weighted by Crippen LogP contribution is -2.32. The summed E-state index contributed by atoms with van der Waals surface area (Å²) in [6.45, 7) is 3.66. The van der Waals surface area contributed by atoms with Crippen LogP contribution in [0.4, 0.5) is 0 Å². The van der Waals surface area contributed by atoms with E-state index in [1.54, 1.807) is 0 Å². The minimum atomic E-state index is -0.586. The Kier molecular flexibility index (Phi) is 5.28. The molecule has 0 aliphatic carbocycles. The highest BCUT2D eigenvalue weighted by molar-refractivity contribution is 5.44. The van der Waals surface area contributed by atoms with Crippen molar-refractivity contribution in [2.45, 2.75) is 31.9 Å². The van der Waals surface area contributed by atoms with Crippen LogP contribution in [0.1, 0.15) is 31.4 Å². The number of aliphatic hydroxyl groups excluding tert-OH is 1. The zero-order chi connectivity index (χ0) is 14.4. The van der Waals surface area contributed by atoms with Crippen LogP contribution in [0, 0.1) is 12.3 Å². The summed E-state index contributed by atoms with van der Waals surface area (Å²) in [5.74, 6) is 4.08. The topological polar surface area (TPSA) is 50.7 Å². The van der Waals surface area contributed by atoms with Crippen LogP contribution in [-0.4, -0.2) is 30.9 Å². The Balaban J connectivity index is 1.95. The highest BCUT2D eigenvalue weighted by Gasteiger charge is 2.16. The molecule has 2 rings (SSSR count). The molecule has 2 N–H and O–H groups in total. The van der Waals surface area contributed by atoms with Gasteiger partial charge in [0.2, 0.25) is 0 Å². The molecule has 4 heteroatoms. The molecule has 0 fully saturated rings. The Morgan fingerprint density at radius 2 is 2.10 bits per heavy atom. The van der Waals surface area contributed by atoms with Crippen molar-refractivity contribution in [2.24, 2.45) is 0 Å². The van der Waals surface area contributed by atoms with E-state index in [4.69, 9.17) is 15.9 Å². The average molecular weight is 275 g/mol. The van der Waals surface area contributed by atoms with Crippen molar-refractivity contribution in [3.8, 4) is 23.8 Å². The maximum atomic E-state index is 10.2. The van der Waals surface area contributed by atoms with Gasteiger partial charge in [0.15, 0.2) is 11.5 Å². The summed E-state index contributed by atoms with van der Waals surface area (Å²) >= 11 is 0. The van der Waals surface area contributed by atoms with Crippen LogP contribution in [0.5, 0.6) is 11.5 Å². The number of nitrogens with one attached hydrogen (secondary N) is 1. The molecule has 0 amide bonds. The molecule has 0 saturated carbocycles. The molecular weight excluding hydrogens is 254 g/mol. The molecule has 2 unspecified atom stereocenters. The molecule has 0 spiro atoms. The predicted octanol–water partition coefficient (Wildman–Crippen LogP) is 1.88. The molecule has 0 aromatic heterocycles. The van der Waals surface area contributed by atoms with E-state index < -0.39 is 6.10 Å². The predicted molar refractivity (Wildman–Crippen MR) is 77.9 cm³/mol. The Morgan fingerprint density at radius 3 is 2.80 bits per heavy atom. The van der Waals surface area contributed by atoms with Crippen molar-refractivity contribution in [1.82, 2.24) is 5.32 Å². The summed E-state index contributed by atoms with van der Waals surface area (Å²) in [6, 6.07) is 5.78. The zero-order valence-corrected chi connectivity index (χ0v) is 11.8. The molecule has 108 valence electrons. The summed E-state index contributed by atoms with van der Waals surface area (Å²) in [5.41, 5.74) is 0.817. The van der Waals surface area contributed by atoms with Crippen LogP contribution in [0.15, 0.2) is 18.2 Å². The maximum Gasteiger partial charge on any atom is 0.161 e. The van der Waals surface area contributed by atoms with Crippen molar-refractivity contribution < 1.29 is 14.6 Å². The number of rotatable bonds is 6. The standard InChI is InChI=1S/C16H21NO3/c1-3-5-13(4-2)17-11-14(18)12-6-7-15-16(10-12)20-9-8-19-15/h1,6-7,10,13-14,17-18H,4-5,8-9,11H2,2H3. The third-order valence-corrected chi connectivity index (χ3v) is 3.41. The van der Waals surface area contributed by atoms with E-state index in [9.17, 15) is 5.11 Å². The SMILES string of the molecule is C#CCC(CC)NCC(O)c1ccc2c(c1)OCCO2. The van der Waals surface area contributed by atoms with Gasteiger partial charge in [0, 0.05) is 19.0 Å². The summed E-state index contributed by atoms with van der Waals surface area (Å²) in [6.07, 6.45) is 6.34. The van der Waals surface area contributed by atoms with E-state index in [1.165, 1.54) is 0 Å². The Morgan fingerprint density at radius 1 is 1.35 bits per heavy atom. The highest BCUT2D eigenvalue weighted by Crippen LogP contribution is 2.32. The smallest absolute Gasteiger partial charge is 0.161 e. The first-order valence-corrected chi connectivity index (χ1v) is 6.99. The second kappa shape index (κ2) is 7.18. The fraction of sp³-hybridized carbons (Fsp3) is 0.500. The van der Waals surface area contributed by atoms with Gasteiger partial charge in [-0.3, -0.25) is 0 Å². The third kappa shape index (κ3) is 3.66. The molecular formula is C16H21NO3. The molecule has 0 radical (unpaired) electrons. The quantitative estimate of drug-likeness (QED) is 0.778. The maximum absolute atomic E-state index is 10.2. The lowest BCUT2D eigenvalue weighted by atomic mass is 10.1. The molecule has 2 atom stereocenters. The average Bonchev–Trinajstić information content (AvgIpc) is 2.50. The number of hydrogen-bond acceptors (Lipinski definition) is 4. The summed E-state index contributed by atoms with van der Waals surface area (Å²) < 4.78 is 11.0. The van der Waals surface area contributed by atoms with Crippen molar-refractivity contribution in [2.75, 3.05) is 19.8 Å². The van der Waals surface area contributed by atoms with Gasteiger partial charge in [0.05, 0.1) is 6.10 Å². The molecule has 1 aliphatic heterocycles. The third-order valence-electron chi connectivity index (χ3n) is 3.41. The van der Waals surface area contributed by atoms with E-state index in [1.807, 2.05) is 18.2 Å². The fourth-order valence-electron chi connectivity index (χ4n) is 2.17. The van der Waals surface area contributed by atoms with Crippen LogP contribution < -0.4 is 14.8 Å². The van der Waals surface area contributed by atoms with Gasteiger partial charge in [-0.05, 0) is 24.1 Å². The summed E-state index contributed by atoms with van der Waals surface area (Å²) in [5, 5.41) is 13.5. The van der Waals surface area contributed by atoms with Gasteiger partial charge in [-0.1, -0.05) is 13.0 Å². The number of fused-ring (bicyclic) bond motifs is 1. The minimum Gasteiger partial charge on any atom is -0.486 e. The zero-order valence-electron chi connectivity index (χ0n) is 11.8. The number of aliphatic hydroxyl groups is 1. The van der Waals surface area contributed by atoms with Gasteiger partial charge in [-0.2, -0.15) is 0 Å². The summed E-state index contributed by atoms with van der Waals surface area (Å²) in [7, 11) is 0. The molecule has 20 heavy (non-hydrogen) atoms. The lowest BCUT2D eigenvalue weighted by molar-refractivity contribution is 0.161. The van der Waals surface area contributed by atoms with Crippen LogP contribution in [-0.2, 0) is 0 Å². The number of ether oxygens (including phenoxy) is 2. The fourth-order valence-corrected chi connectivity index (χ4v) is 2.17. The normalized spacial score (nSPS) is 16.2. The summed E-state index contributed by atoms with van der Waals surface area (Å²) in [4.78, 5) is 0. The first-order chi connectivity index (χ1) is 9.74. The minimum absolute atomic E-state index is 0.242. The van der Waals surface area contributed by atoms with E-state index in [0.717, 1.165) is 17.7 Å². The van der Waals surface area contributed by atoms with E-state index >= 15 is 0 Å².